The van der Waals surface area contributed by atoms with Crippen molar-refractivity contribution in [3.63, 3.8) is 0 Å². The number of benzene rings is 2. The van der Waals surface area contributed by atoms with Crippen molar-refractivity contribution in [2.45, 2.75) is 23.3 Å². The van der Waals surface area contributed by atoms with Gasteiger partial charge in [0.1, 0.15) is 0 Å². The van der Waals surface area contributed by atoms with Crippen molar-refractivity contribution in [3.8, 4) is 0 Å². The monoisotopic (exact) mass is 716 g/mol. The summed E-state index contributed by atoms with van der Waals surface area (Å²) in [5.41, 5.74) is -2.35. The molecule has 40 heavy (non-hydrogen) atoms. The number of hydrogen-bond acceptors (Lipinski definition) is 7. The van der Waals surface area contributed by atoms with Gasteiger partial charge in [-0.15, -0.1) is 0 Å². The van der Waals surface area contributed by atoms with Crippen molar-refractivity contribution < 1.29 is 59.3 Å². The molecule has 0 atom stereocenters. The van der Waals surface area contributed by atoms with Crippen molar-refractivity contribution in [3.05, 3.63) is 88.6 Å². The molecule has 0 spiro atoms. The van der Waals surface area contributed by atoms with E-state index in [1.165, 1.54) is 24.3 Å². The third kappa shape index (κ3) is 4.95. The Balaban J connectivity index is 1.90. The second-order valence-electron chi connectivity index (χ2n) is 7.80. The Morgan fingerprint density at radius 3 is 1.43 bits per heavy atom. The van der Waals surface area contributed by atoms with E-state index in [4.69, 9.17) is 8.83 Å². The molecule has 0 fully saturated rings. The van der Waals surface area contributed by atoms with E-state index in [2.05, 4.69) is 2.51 Å². The standard InChI is InChI=1S/C22H10F9IO7S/c23-19(24,21(27,28)29)20(25,26)22(30,31)40(35,36)39-32(13-5-1-11-3-7-17(33)37-15(11)9-13)14-6-2-12-4-8-18(34)38-16(12)10-14/h1-10H. The Labute approximate surface area is 223 Å². The van der Waals surface area contributed by atoms with Crippen LogP contribution in [0.3, 0.4) is 0 Å². The zero-order chi connectivity index (χ0) is 29.9. The fourth-order valence-corrected chi connectivity index (χ4v) is 10.2. The van der Waals surface area contributed by atoms with Crippen LogP contribution in [0.25, 0.3) is 21.9 Å². The summed E-state index contributed by atoms with van der Waals surface area (Å²) >= 11 is -4.58. The average Bonchev–Trinajstić information content (AvgIpc) is 2.85. The Hall–Kier alpha value is -3.13. The van der Waals surface area contributed by atoms with Gasteiger partial charge in [0.15, 0.2) is 0 Å². The molecule has 0 aliphatic heterocycles. The number of rotatable bonds is 7. The summed E-state index contributed by atoms with van der Waals surface area (Å²) in [4.78, 5) is 23.2. The molecule has 0 saturated carbocycles. The van der Waals surface area contributed by atoms with E-state index < -0.39 is 64.9 Å². The van der Waals surface area contributed by atoms with Crippen LogP contribution in [0.1, 0.15) is 0 Å². The van der Waals surface area contributed by atoms with Gasteiger partial charge in [0, 0.05) is 0 Å². The molecular formula is C22H10F9IO7S. The van der Waals surface area contributed by atoms with Crippen LogP contribution in [-0.2, 0) is 12.6 Å². The molecule has 0 radical (unpaired) electrons. The van der Waals surface area contributed by atoms with E-state index in [9.17, 15) is 57.5 Å². The van der Waals surface area contributed by atoms with E-state index in [0.29, 0.717) is 0 Å². The van der Waals surface area contributed by atoms with Gasteiger partial charge < -0.3 is 0 Å². The van der Waals surface area contributed by atoms with Crippen molar-refractivity contribution >= 4 is 52.3 Å². The maximum atomic E-state index is 14.5. The molecule has 0 bridgehead atoms. The van der Waals surface area contributed by atoms with Gasteiger partial charge in [0.2, 0.25) is 0 Å². The third-order valence-corrected chi connectivity index (χ3v) is 12.4. The van der Waals surface area contributed by atoms with Gasteiger partial charge in [-0.2, -0.15) is 0 Å². The Morgan fingerprint density at radius 2 is 1.02 bits per heavy atom. The van der Waals surface area contributed by atoms with Crippen LogP contribution < -0.4 is 11.3 Å². The van der Waals surface area contributed by atoms with Gasteiger partial charge in [0.05, 0.1) is 0 Å². The summed E-state index contributed by atoms with van der Waals surface area (Å²) in [5, 5.41) is -6.66. The molecule has 2 heterocycles. The molecule has 216 valence electrons. The van der Waals surface area contributed by atoms with Crippen molar-refractivity contribution in [2.24, 2.45) is 0 Å². The summed E-state index contributed by atoms with van der Waals surface area (Å²) < 4.78 is 160. The third-order valence-electron chi connectivity index (χ3n) is 5.14. The van der Waals surface area contributed by atoms with E-state index in [1.54, 1.807) is 0 Å². The predicted octanol–water partition coefficient (Wildman–Crippen LogP) is 6.13. The molecule has 2 aromatic carbocycles. The molecule has 7 nitrogen and oxygen atoms in total. The maximum absolute atomic E-state index is 14.5. The molecular weight excluding hydrogens is 706 g/mol. The van der Waals surface area contributed by atoms with Crippen molar-refractivity contribution in [1.82, 2.24) is 0 Å². The van der Waals surface area contributed by atoms with E-state index >= 15 is 0 Å². The first-order valence-electron chi connectivity index (χ1n) is 10.2. The fourth-order valence-electron chi connectivity index (χ4n) is 3.12. The first kappa shape index (κ1) is 29.8. The number of fused-ring (bicyclic) bond motifs is 2. The number of hydrogen-bond donors (Lipinski definition) is 0. The second kappa shape index (κ2) is 9.75. The normalized spacial score (nSPS) is 14.1. The number of halogens is 10. The second-order valence-corrected chi connectivity index (χ2v) is 14.3. The molecule has 0 N–H and O–H groups in total. The SMILES string of the molecule is O=c1ccc2ccc(I(OS(=O)(=O)C(F)(F)C(F)(F)C(F)(F)C(F)(F)F)c3ccc4ccc(=O)oc4c3)cc2o1. The topological polar surface area (TPSA) is 104 Å². The molecule has 0 saturated heterocycles. The van der Waals surface area contributed by atoms with E-state index in [-0.39, 0.29) is 29.1 Å². The zero-order valence-electron chi connectivity index (χ0n) is 18.8. The van der Waals surface area contributed by atoms with Crippen molar-refractivity contribution in [1.29, 1.82) is 0 Å². The van der Waals surface area contributed by atoms with Gasteiger partial charge in [-0.05, 0) is 0 Å². The van der Waals surface area contributed by atoms with Crippen LogP contribution in [0.5, 0.6) is 0 Å². The Bertz CT molecular complexity index is 1740. The molecule has 0 unspecified atom stereocenters. The molecule has 0 aliphatic carbocycles. The Morgan fingerprint density at radius 1 is 0.625 bits per heavy atom. The predicted molar refractivity (Wildman–Crippen MR) is 127 cm³/mol. The first-order chi connectivity index (χ1) is 18.3. The minimum absolute atomic E-state index is 0.216. The van der Waals surface area contributed by atoms with Crippen LogP contribution in [0.15, 0.2) is 79.1 Å². The molecule has 0 amide bonds. The fraction of sp³-hybridized carbons (Fsp3) is 0.182. The number of alkyl halides is 9. The summed E-state index contributed by atoms with van der Waals surface area (Å²) in [7, 11) is -7.26. The quantitative estimate of drug-likeness (QED) is 0.129. The first-order valence-corrected chi connectivity index (χ1v) is 14.7. The van der Waals surface area contributed by atoms with Gasteiger partial charge >= 0.3 is 223 Å². The zero-order valence-corrected chi connectivity index (χ0v) is 21.8. The van der Waals surface area contributed by atoms with Gasteiger partial charge in [0.25, 0.3) is 0 Å². The van der Waals surface area contributed by atoms with Gasteiger partial charge in [-0.3, -0.25) is 0 Å². The summed E-state index contributed by atoms with van der Waals surface area (Å²) in [6.45, 7) is 0. The summed E-state index contributed by atoms with van der Waals surface area (Å²) in [6.07, 6.45) is -7.26. The molecule has 2 aromatic heterocycles. The molecule has 0 aliphatic rings. The average molecular weight is 716 g/mol. The van der Waals surface area contributed by atoms with Gasteiger partial charge in [-0.1, -0.05) is 0 Å². The van der Waals surface area contributed by atoms with E-state index in [0.717, 1.165) is 36.4 Å². The van der Waals surface area contributed by atoms with Crippen LogP contribution in [0.2, 0.25) is 0 Å². The van der Waals surface area contributed by atoms with Crippen LogP contribution >= 0.6 is 20.2 Å². The molecule has 18 heteroatoms. The molecule has 4 aromatic rings. The van der Waals surface area contributed by atoms with Crippen molar-refractivity contribution in [2.75, 3.05) is 0 Å². The Kier molecular flexibility index (Phi) is 7.28. The van der Waals surface area contributed by atoms with Crippen LogP contribution in [0, 0.1) is 7.14 Å². The summed E-state index contributed by atoms with van der Waals surface area (Å²) in [6, 6.07) is 10.8. The van der Waals surface area contributed by atoms with Crippen LogP contribution in [-0.4, -0.2) is 31.7 Å². The minimum atomic E-state index is -7.51. The van der Waals surface area contributed by atoms with Crippen LogP contribution in [0.4, 0.5) is 39.5 Å². The molecule has 4 rings (SSSR count). The van der Waals surface area contributed by atoms with E-state index in [1.807, 2.05) is 0 Å². The summed E-state index contributed by atoms with van der Waals surface area (Å²) in [5.74, 6) is -15.0. The van der Waals surface area contributed by atoms with Gasteiger partial charge in [-0.25, -0.2) is 0 Å².